The molecular formula is C13H24N2. The van der Waals surface area contributed by atoms with Crippen LogP contribution in [0.15, 0.2) is 0 Å². The van der Waals surface area contributed by atoms with E-state index in [1.807, 2.05) is 0 Å². The van der Waals surface area contributed by atoms with Gasteiger partial charge in [-0.1, -0.05) is 27.7 Å². The van der Waals surface area contributed by atoms with E-state index in [0.717, 1.165) is 31.8 Å². The van der Waals surface area contributed by atoms with Gasteiger partial charge >= 0.3 is 0 Å². The zero-order valence-electron chi connectivity index (χ0n) is 10.6. The lowest BCUT2D eigenvalue weighted by Gasteiger charge is -2.27. The van der Waals surface area contributed by atoms with Crippen molar-refractivity contribution in [2.24, 2.45) is 16.7 Å². The normalized spacial score (nSPS) is 18.9. The molecule has 1 aliphatic carbocycles. The number of rotatable bonds is 6. The van der Waals surface area contributed by atoms with Gasteiger partial charge in [0.25, 0.3) is 0 Å². The first-order valence-electron chi connectivity index (χ1n) is 6.01. The second-order valence-corrected chi connectivity index (χ2v) is 6.26. The largest absolute Gasteiger partial charge is 0.315 e. The van der Waals surface area contributed by atoms with E-state index in [4.69, 9.17) is 5.26 Å². The maximum absolute atomic E-state index is 8.94. The van der Waals surface area contributed by atoms with Crippen LogP contribution in [0.5, 0.6) is 0 Å². The standard InChI is InChI=1S/C13H24N2/c1-11(2)7-12(3,4)9-15-10-13(8-14)5-6-13/h11,15H,5-7,9-10H2,1-4H3. The average Bonchev–Trinajstić information content (AvgIpc) is 2.82. The van der Waals surface area contributed by atoms with Crippen molar-refractivity contribution in [2.45, 2.75) is 47.0 Å². The Balaban J connectivity index is 2.22. The zero-order valence-corrected chi connectivity index (χ0v) is 10.6. The van der Waals surface area contributed by atoms with E-state index in [1.54, 1.807) is 0 Å². The Labute approximate surface area is 94.1 Å². The van der Waals surface area contributed by atoms with Gasteiger partial charge in [0.1, 0.15) is 0 Å². The van der Waals surface area contributed by atoms with Gasteiger partial charge in [-0.15, -0.1) is 0 Å². The molecule has 2 heteroatoms. The topological polar surface area (TPSA) is 35.8 Å². The average molecular weight is 208 g/mol. The van der Waals surface area contributed by atoms with Crippen molar-refractivity contribution in [1.82, 2.24) is 5.32 Å². The molecule has 1 aliphatic rings. The van der Waals surface area contributed by atoms with Crippen molar-refractivity contribution in [2.75, 3.05) is 13.1 Å². The number of hydrogen-bond donors (Lipinski definition) is 1. The van der Waals surface area contributed by atoms with Gasteiger partial charge in [0.2, 0.25) is 0 Å². The monoisotopic (exact) mass is 208 g/mol. The minimum absolute atomic E-state index is 0.00604. The summed E-state index contributed by atoms with van der Waals surface area (Å²) in [6.07, 6.45) is 3.40. The van der Waals surface area contributed by atoms with Gasteiger partial charge in [0.05, 0.1) is 11.5 Å². The van der Waals surface area contributed by atoms with Gasteiger partial charge in [-0.2, -0.15) is 5.26 Å². The van der Waals surface area contributed by atoms with E-state index in [2.05, 4.69) is 39.1 Å². The predicted octanol–water partition coefficient (Wildman–Crippen LogP) is 2.95. The van der Waals surface area contributed by atoms with Crippen LogP contribution in [0.25, 0.3) is 0 Å². The van der Waals surface area contributed by atoms with Crippen LogP contribution in [0.2, 0.25) is 0 Å². The fraction of sp³-hybridized carbons (Fsp3) is 0.923. The van der Waals surface area contributed by atoms with E-state index in [1.165, 1.54) is 6.42 Å². The second kappa shape index (κ2) is 4.53. The highest BCUT2D eigenvalue weighted by Crippen LogP contribution is 2.44. The predicted molar refractivity (Wildman–Crippen MR) is 63.4 cm³/mol. The van der Waals surface area contributed by atoms with Crippen molar-refractivity contribution >= 4 is 0 Å². The maximum atomic E-state index is 8.94. The summed E-state index contributed by atoms with van der Waals surface area (Å²) in [6, 6.07) is 2.42. The van der Waals surface area contributed by atoms with Gasteiger partial charge in [-0.25, -0.2) is 0 Å². The number of nitriles is 1. The van der Waals surface area contributed by atoms with Crippen molar-refractivity contribution in [1.29, 1.82) is 5.26 Å². The lowest BCUT2D eigenvalue weighted by Crippen LogP contribution is -2.34. The highest BCUT2D eigenvalue weighted by molar-refractivity contribution is 5.11. The van der Waals surface area contributed by atoms with Crippen LogP contribution in [0.3, 0.4) is 0 Å². The van der Waals surface area contributed by atoms with Crippen LogP contribution in [0.4, 0.5) is 0 Å². The fourth-order valence-electron chi connectivity index (χ4n) is 2.30. The smallest absolute Gasteiger partial charge is 0.0703 e. The molecule has 1 saturated carbocycles. The first-order chi connectivity index (χ1) is 6.89. The molecule has 0 aliphatic heterocycles. The Hall–Kier alpha value is -0.550. The molecule has 1 rings (SSSR count). The van der Waals surface area contributed by atoms with E-state index >= 15 is 0 Å². The summed E-state index contributed by atoms with van der Waals surface area (Å²) in [5.74, 6) is 0.743. The molecule has 0 spiro atoms. The Morgan fingerprint density at radius 1 is 1.40 bits per heavy atom. The van der Waals surface area contributed by atoms with E-state index < -0.39 is 0 Å². The number of nitrogens with one attached hydrogen (secondary N) is 1. The Morgan fingerprint density at radius 3 is 2.40 bits per heavy atom. The first kappa shape index (κ1) is 12.5. The van der Waals surface area contributed by atoms with Crippen LogP contribution >= 0.6 is 0 Å². The lowest BCUT2D eigenvalue weighted by atomic mass is 9.84. The van der Waals surface area contributed by atoms with Crippen LogP contribution < -0.4 is 5.32 Å². The molecular weight excluding hydrogens is 184 g/mol. The third kappa shape index (κ3) is 4.22. The summed E-state index contributed by atoms with van der Waals surface area (Å²) in [4.78, 5) is 0. The molecule has 0 aromatic rings. The van der Waals surface area contributed by atoms with Crippen molar-refractivity contribution in [3.63, 3.8) is 0 Å². The molecule has 0 atom stereocenters. The molecule has 0 saturated heterocycles. The quantitative estimate of drug-likeness (QED) is 0.728. The van der Waals surface area contributed by atoms with Crippen LogP contribution in [0, 0.1) is 28.1 Å². The Bertz CT molecular complexity index is 244. The zero-order chi connectivity index (χ0) is 11.5. The van der Waals surface area contributed by atoms with Crippen LogP contribution in [0.1, 0.15) is 47.0 Å². The highest BCUT2D eigenvalue weighted by Gasteiger charge is 2.42. The molecule has 15 heavy (non-hydrogen) atoms. The molecule has 0 heterocycles. The number of nitrogens with zero attached hydrogens (tertiary/aromatic N) is 1. The molecule has 1 N–H and O–H groups in total. The molecule has 0 aromatic heterocycles. The maximum Gasteiger partial charge on any atom is 0.0703 e. The lowest BCUT2D eigenvalue weighted by molar-refractivity contribution is 0.269. The summed E-state index contributed by atoms with van der Waals surface area (Å²) in [7, 11) is 0. The molecule has 0 aromatic carbocycles. The van der Waals surface area contributed by atoms with Crippen molar-refractivity contribution < 1.29 is 0 Å². The van der Waals surface area contributed by atoms with Gasteiger partial charge in [0, 0.05) is 13.1 Å². The molecule has 1 fully saturated rings. The molecule has 2 nitrogen and oxygen atoms in total. The van der Waals surface area contributed by atoms with E-state index in [9.17, 15) is 0 Å². The van der Waals surface area contributed by atoms with E-state index in [0.29, 0.717) is 5.41 Å². The second-order valence-electron chi connectivity index (χ2n) is 6.26. The van der Waals surface area contributed by atoms with Gasteiger partial charge < -0.3 is 5.32 Å². The molecule has 0 radical (unpaired) electrons. The van der Waals surface area contributed by atoms with Gasteiger partial charge in [-0.05, 0) is 30.6 Å². The minimum atomic E-state index is -0.00604. The van der Waals surface area contributed by atoms with Crippen molar-refractivity contribution in [3.8, 4) is 6.07 Å². The fourth-order valence-corrected chi connectivity index (χ4v) is 2.30. The highest BCUT2D eigenvalue weighted by atomic mass is 14.9. The summed E-state index contributed by atoms with van der Waals surface area (Å²) in [5.41, 5.74) is 0.341. The van der Waals surface area contributed by atoms with E-state index in [-0.39, 0.29) is 5.41 Å². The SMILES string of the molecule is CC(C)CC(C)(C)CNCC1(C#N)CC1. The molecule has 0 unspecified atom stereocenters. The third-order valence-corrected chi connectivity index (χ3v) is 3.12. The minimum Gasteiger partial charge on any atom is -0.315 e. The Morgan fingerprint density at radius 2 is 2.00 bits per heavy atom. The Kier molecular flexibility index (Phi) is 3.78. The summed E-state index contributed by atoms with van der Waals surface area (Å²) < 4.78 is 0. The summed E-state index contributed by atoms with van der Waals surface area (Å²) in [5, 5.41) is 12.4. The van der Waals surface area contributed by atoms with Gasteiger partial charge in [0.15, 0.2) is 0 Å². The first-order valence-corrected chi connectivity index (χ1v) is 6.01. The van der Waals surface area contributed by atoms with Crippen molar-refractivity contribution in [3.05, 3.63) is 0 Å². The molecule has 86 valence electrons. The third-order valence-electron chi connectivity index (χ3n) is 3.12. The summed E-state index contributed by atoms with van der Waals surface area (Å²) in [6.45, 7) is 11.0. The molecule has 0 bridgehead atoms. The van der Waals surface area contributed by atoms with Gasteiger partial charge in [-0.3, -0.25) is 0 Å². The number of hydrogen-bond acceptors (Lipinski definition) is 2. The van der Waals surface area contributed by atoms with Crippen LogP contribution in [-0.2, 0) is 0 Å². The van der Waals surface area contributed by atoms with Crippen LogP contribution in [-0.4, -0.2) is 13.1 Å². The summed E-state index contributed by atoms with van der Waals surface area (Å²) >= 11 is 0. The molecule has 0 amide bonds.